The summed E-state index contributed by atoms with van der Waals surface area (Å²) >= 11 is 0. The van der Waals surface area contributed by atoms with Crippen molar-refractivity contribution in [2.24, 2.45) is 5.92 Å². The topological polar surface area (TPSA) is 58.6 Å². The van der Waals surface area contributed by atoms with Crippen LogP contribution in [0.3, 0.4) is 0 Å². The largest absolute Gasteiger partial charge is 0.493 e. The average molecular weight is 402 g/mol. The minimum absolute atomic E-state index is 0.0771. The number of benzene rings is 3. The summed E-state index contributed by atoms with van der Waals surface area (Å²) in [5.74, 6) is 0.584. The summed E-state index contributed by atoms with van der Waals surface area (Å²) < 4.78 is 5.72. The van der Waals surface area contributed by atoms with Crippen LogP contribution in [-0.2, 0) is 4.79 Å². The number of carbonyl (C=O) groups is 2. The van der Waals surface area contributed by atoms with Crippen LogP contribution in [-0.4, -0.2) is 31.5 Å². The SMILES string of the molecule is CCOc1ccc2ccccc2c1C(=O)NCC1CC(=O)N(c2ccc(C)cc2)C1. The Morgan fingerprint density at radius 1 is 1.10 bits per heavy atom. The van der Waals surface area contributed by atoms with E-state index in [0.717, 1.165) is 22.0 Å². The van der Waals surface area contributed by atoms with Crippen molar-refractivity contribution in [1.82, 2.24) is 5.32 Å². The molecule has 30 heavy (non-hydrogen) atoms. The van der Waals surface area contributed by atoms with E-state index < -0.39 is 0 Å². The molecule has 2 amide bonds. The van der Waals surface area contributed by atoms with Gasteiger partial charge >= 0.3 is 0 Å². The molecule has 1 saturated heterocycles. The van der Waals surface area contributed by atoms with Crippen molar-refractivity contribution in [2.45, 2.75) is 20.3 Å². The number of anilines is 1. The zero-order valence-corrected chi connectivity index (χ0v) is 17.4. The van der Waals surface area contributed by atoms with E-state index in [4.69, 9.17) is 4.74 Å². The second-order valence-corrected chi connectivity index (χ2v) is 7.71. The Balaban J connectivity index is 1.48. The highest BCUT2D eigenvalue weighted by Gasteiger charge is 2.31. The Kier molecular flexibility index (Phi) is 5.70. The van der Waals surface area contributed by atoms with Gasteiger partial charge in [-0.15, -0.1) is 0 Å². The van der Waals surface area contributed by atoms with Crippen molar-refractivity contribution in [3.63, 3.8) is 0 Å². The van der Waals surface area contributed by atoms with E-state index in [2.05, 4.69) is 5.32 Å². The van der Waals surface area contributed by atoms with E-state index in [9.17, 15) is 9.59 Å². The van der Waals surface area contributed by atoms with E-state index in [1.165, 1.54) is 0 Å². The zero-order chi connectivity index (χ0) is 21.1. The van der Waals surface area contributed by atoms with E-state index in [-0.39, 0.29) is 17.7 Å². The number of fused-ring (bicyclic) bond motifs is 1. The van der Waals surface area contributed by atoms with Gasteiger partial charge in [0.25, 0.3) is 5.91 Å². The summed E-state index contributed by atoms with van der Waals surface area (Å²) in [6.45, 7) is 5.47. The van der Waals surface area contributed by atoms with Crippen molar-refractivity contribution in [2.75, 3.05) is 24.6 Å². The standard InChI is InChI=1S/C25H26N2O3/c1-3-30-22-13-10-19-6-4-5-7-21(19)24(22)25(29)26-15-18-14-23(28)27(16-18)20-11-8-17(2)9-12-20/h4-13,18H,3,14-16H2,1-2H3,(H,26,29). The number of amides is 2. The molecule has 5 nitrogen and oxygen atoms in total. The first kappa shape index (κ1) is 20.0. The monoisotopic (exact) mass is 402 g/mol. The van der Waals surface area contributed by atoms with E-state index in [0.29, 0.717) is 37.4 Å². The molecule has 1 atom stereocenters. The van der Waals surface area contributed by atoms with Crippen molar-refractivity contribution < 1.29 is 14.3 Å². The van der Waals surface area contributed by atoms with E-state index in [1.807, 2.05) is 74.5 Å². The Morgan fingerprint density at radius 2 is 1.87 bits per heavy atom. The lowest BCUT2D eigenvalue weighted by atomic mass is 10.0. The van der Waals surface area contributed by atoms with Crippen LogP contribution >= 0.6 is 0 Å². The smallest absolute Gasteiger partial charge is 0.255 e. The molecule has 4 rings (SSSR count). The number of hydrogen-bond acceptors (Lipinski definition) is 3. The van der Waals surface area contributed by atoms with Crippen LogP contribution in [0.2, 0.25) is 0 Å². The molecule has 0 bridgehead atoms. The molecule has 1 heterocycles. The second kappa shape index (κ2) is 8.57. The summed E-state index contributed by atoms with van der Waals surface area (Å²) in [5, 5.41) is 4.89. The van der Waals surface area contributed by atoms with Gasteiger partial charge in [-0.1, -0.05) is 48.0 Å². The molecule has 1 aliphatic heterocycles. The molecule has 5 heteroatoms. The van der Waals surface area contributed by atoms with E-state index in [1.54, 1.807) is 4.90 Å². The minimum Gasteiger partial charge on any atom is -0.493 e. The van der Waals surface area contributed by atoms with Gasteiger partial charge in [0.15, 0.2) is 0 Å². The molecule has 154 valence electrons. The summed E-state index contributed by atoms with van der Waals surface area (Å²) in [5.41, 5.74) is 2.62. The maximum absolute atomic E-state index is 13.1. The van der Waals surface area contributed by atoms with Gasteiger partial charge in [0.1, 0.15) is 5.75 Å². The molecule has 0 aromatic heterocycles. The highest BCUT2D eigenvalue weighted by molar-refractivity contribution is 6.09. The number of carbonyl (C=O) groups excluding carboxylic acids is 2. The summed E-state index contributed by atoms with van der Waals surface area (Å²) in [4.78, 5) is 27.4. The van der Waals surface area contributed by atoms with Gasteiger partial charge in [-0.25, -0.2) is 0 Å². The second-order valence-electron chi connectivity index (χ2n) is 7.71. The van der Waals surface area contributed by atoms with Crippen LogP contribution < -0.4 is 15.0 Å². The lowest BCUT2D eigenvalue weighted by Crippen LogP contribution is -2.31. The van der Waals surface area contributed by atoms with Gasteiger partial charge in [-0.3, -0.25) is 9.59 Å². The predicted octanol–water partition coefficient (Wildman–Crippen LogP) is 4.33. The number of aryl methyl sites for hydroxylation is 1. The average Bonchev–Trinajstić information content (AvgIpc) is 3.13. The van der Waals surface area contributed by atoms with Crippen molar-refractivity contribution >= 4 is 28.3 Å². The van der Waals surface area contributed by atoms with Crippen LogP contribution in [0, 0.1) is 12.8 Å². The quantitative estimate of drug-likeness (QED) is 0.668. The third-order valence-corrected chi connectivity index (χ3v) is 5.52. The van der Waals surface area contributed by atoms with Crippen LogP contribution in [0.15, 0.2) is 60.7 Å². The fourth-order valence-corrected chi connectivity index (χ4v) is 3.98. The van der Waals surface area contributed by atoms with Crippen LogP contribution in [0.5, 0.6) is 5.75 Å². The Bertz CT molecular complexity index is 1080. The maximum Gasteiger partial charge on any atom is 0.255 e. The fourth-order valence-electron chi connectivity index (χ4n) is 3.98. The lowest BCUT2D eigenvalue weighted by molar-refractivity contribution is -0.117. The first-order valence-corrected chi connectivity index (χ1v) is 10.4. The molecule has 1 aliphatic rings. The Morgan fingerprint density at radius 3 is 2.63 bits per heavy atom. The number of rotatable bonds is 6. The van der Waals surface area contributed by atoms with Crippen LogP contribution in [0.25, 0.3) is 10.8 Å². The maximum atomic E-state index is 13.1. The van der Waals surface area contributed by atoms with Gasteiger partial charge in [0.05, 0.1) is 12.2 Å². The zero-order valence-electron chi connectivity index (χ0n) is 17.4. The third-order valence-electron chi connectivity index (χ3n) is 5.52. The molecule has 3 aromatic rings. The molecule has 0 saturated carbocycles. The summed E-state index contributed by atoms with van der Waals surface area (Å²) in [6.07, 6.45) is 0.433. The van der Waals surface area contributed by atoms with Crippen LogP contribution in [0.1, 0.15) is 29.3 Å². The number of nitrogens with zero attached hydrogens (tertiary/aromatic N) is 1. The highest BCUT2D eigenvalue weighted by atomic mass is 16.5. The fraction of sp³-hybridized carbons (Fsp3) is 0.280. The van der Waals surface area contributed by atoms with Crippen molar-refractivity contribution in [1.29, 1.82) is 0 Å². The third kappa shape index (κ3) is 4.01. The number of hydrogen-bond donors (Lipinski definition) is 1. The minimum atomic E-state index is -0.170. The van der Waals surface area contributed by atoms with Gasteiger partial charge in [-0.05, 0) is 42.8 Å². The molecular weight excluding hydrogens is 376 g/mol. The molecule has 1 N–H and O–H groups in total. The van der Waals surface area contributed by atoms with Gasteiger partial charge in [-0.2, -0.15) is 0 Å². The van der Waals surface area contributed by atoms with Gasteiger partial charge in [0.2, 0.25) is 5.91 Å². The van der Waals surface area contributed by atoms with Gasteiger partial charge in [0, 0.05) is 31.1 Å². The molecular formula is C25H26N2O3. The molecule has 3 aromatic carbocycles. The summed E-state index contributed by atoms with van der Waals surface area (Å²) in [7, 11) is 0. The molecule has 0 spiro atoms. The van der Waals surface area contributed by atoms with Crippen LogP contribution in [0.4, 0.5) is 5.69 Å². The number of nitrogens with one attached hydrogen (secondary N) is 1. The van der Waals surface area contributed by atoms with Crippen molar-refractivity contribution in [3.8, 4) is 5.75 Å². The Hall–Kier alpha value is -3.34. The molecule has 1 fully saturated rings. The van der Waals surface area contributed by atoms with E-state index >= 15 is 0 Å². The molecule has 0 radical (unpaired) electrons. The molecule has 0 aliphatic carbocycles. The van der Waals surface area contributed by atoms with Crippen molar-refractivity contribution in [3.05, 3.63) is 71.8 Å². The predicted molar refractivity (Wildman–Crippen MR) is 119 cm³/mol. The first-order chi connectivity index (χ1) is 14.6. The summed E-state index contributed by atoms with van der Waals surface area (Å²) in [6, 6.07) is 19.6. The lowest BCUT2D eigenvalue weighted by Gasteiger charge is -2.18. The highest BCUT2D eigenvalue weighted by Crippen LogP contribution is 2.29. The first-order valence-electron chi connectivity index (χ1n) is 10.4. The van der Waals surface area contributed by atoms with Gasteiger partial charge < -0.3 is 15.0 Å². The normalized spacial score (nSPS) is 16.1. The number of ether oxygens (including phenoxy) is 1. The Labute approximate surface area is 176 Å². The molecule has 1 unspecified atom stereocenters.